The van der Waals surface area contributed by atoms with Crippen molar-refractivity contribution in [1.29, 1.82) is 5.26 Å². The van der Waals surface area contributed by atoms with Crippen LogP contribution in [0.15, 0.2) is 28.9 Å². The lowest BCUT2D eigenvalue weighted by Gasteiger charge is -2.15. The highest BCUT2D eigenvalue weighted by Gasteiger charge is 2.24. The molecule has 0 radical (unpaired) electrons. The quantitative estimate of drug-likeness (QED) is 0.925. The van der Waals surface area contributed by atoms with E-state index in [2.05, 4.69) is 43.3 Å². The summed E-state index contributed by atoms with van der Waals surface area (Å²) in [4.78, 5) is 8.35. The molecule has 0 spiro atoms. The van der Waals surface area contributed by atoms with Crippen LogP contribution in [0.2, 0.25) is 0 Å². The molecular weight excluding hydrogens is 332 g/mol. The van der Waals surface area contributed by atoms with Gasteiger partial charge in [-0.1, -0.05) is 28.1 Å². The number of methoxy groups -OCH3 is 1. The molecule has 0 saturated carbocycles. The summed E-state index contributed by atoms with van der Waals surface area (Å²) in [5, 5.41) is 12.3. The first kappa shape index (κ1) is 13.8. The van der Waals surface area contributed by atoms with Gasteiger partial charge in [-0.3, -0.25) is 0 Å². The molecule has 2 aromatic rings. The number of aromatic nitrogens is 2. The summed E-state index contributed by atoms with van der Waals surface area (Å²) < 4.78 is 6.23. The number of nitrogens with one attached hydrogen (secondary N) is 1. The molecule has 0 amide bonds. The van der Waals surface area contributed by atoms with E-state index in [0.717, 1.165) is 17.3 Å². The van der Waals surface area contributed by atoms with Gasteiger partial charge in [-0.2, -0.15) is 10.2 Å². The van der Waals surface area contributed by atoms with Gasteiger partial charge in [0.15, 0.2) is 0 Å². The smallest absolute Gasteiger partial charge is 0.252 e. The van der Waals surface area contributed by atoms with Crippen LogP contribution in [-0.2, 0) is 6.42 Å². The molecule has 6 heteroatoms. The molecule has 0 fully saturated rings. The fourth-order valence-corrected chi connectivity index (χ4v) is 3.18. The second kappa shape index (κ2) is 5.70. The Kier molecular flexibility index (Phi) is 3.76. The maximum Gasteiger partial charge on any atom is 0.252 e. The highest BCUT2D eigenvalue weighted by atomic mass is 79.9. The number of benzene rings is 1. The summed E-state index contributed by atoms with van der Waals surface area (Å²) in [6.45, 7) is 0. The summed E-state index contributed by atoms with van der Waals surface area (Å²) in [5.41, 5.74) is 2.80. The van der Waals surface area contributed by atoms with Gasteiger partial charge < -0.3 is 10.1 Å². The maximum atomic E-state index is 8.93. The van der Waals surface area contributed by atoms with Gasteiger partial charge in [-0.15, -0.1) is 0 Å². The van der Waals surface area contributed by atoms with E-state index in [4.69, 9.17) is 10.00 Å². The van der Waals surface area contributed by atoms with Crippen LogP contribution in [0.4, 0.5) is 5.82 Å². The molecule has 1 unspecified atom stereocenters. The number of anilines is 1. The third-order valence-corrected chi connectivity index (χ3v) is 4.32. The largest absolute Gasteiger partial charge is 0.479 e. The highest BCUT2D eigenvalue weighted by molar-refractivity contribution is 9.10. The van der Waals surface area contributed by atoms with E-state index in [-0.39, 0.29) is 17.6 Å². The summed E-state index contributed by atoms with van der Waals surface area (Å²) >= 11 is 3.59. The van der Waals surface area contributed by atoms with Gasteiger partial charge in [0, 0.05) is 4.47 Å². The molecule has 3 rings (SSSR count). The van der Waals surface area contributed by atoms with Crippen molar-refractivity contribution in [2.24, 2.45) is 0 Å². The minimum Gasteiger partial charge on any atom is -0.479 e. The van der Waals surface area contributed by atoms with Crippen LogP contribution in [0.3, 0.4) is 0 Å². The van der Waals surface area contributed by atoms with Gasteiger partial charge in [0.2, 0.25) is 5.69 Å². The van der Waals surface area contributed by atoms with Crippen molar-refractivity contribution in [3.8, 4) is 11.9 Å². The monoisotopic (exact) mass is 344 g/mol. The Bertz CT molecular complexity index is 726. The van der Waals surface area contributed by atoms with Gasteiger partial charge in [0.05, 0.1) is 19.3 Å². The second-order valence-corrected chi connectivity index (χ2v) is 5.62. The number of hydrogen-bond acceptors (Lipinski definition) is 5. The molecule has 1 aliphatic carbocycles. The number of hydrogen-bond donors (Lipinski definition) is 1. The molecule has 0 saturated heterocycles. The van der Waals surface area contributed by atoms with Gasteiger partial charge in [0.25, 0.3) is 5.88 Å². The van der Waals surface area contributed by atoms with E-state index in [1.807, 2.05) is 12.1 Å². The predicted octanol–water partition coefficient (Wildman–Crippen LogP) is 3.22. The summed E-state index contributed by atoms with van der Waals surface area (Å²) in [6, 6.07) is 8.38. The molecule has 5 nitrogen and oxygen atoms in total. The number of halogens is 1. The van der Waals surface area contributed by atoms with Crippen LogP contribution in [0.25, 0.3) is 0 Å². The average molecular weight is 345 g/mol. The lowest BCUT2D eigenvalue weighted by Crippen LogP contribution is -2.10. The van der Waals surface area contributed by atoms with Gasteiger partial charge in [0.1, 0.15) is 11.9 Å². The van der Waals surface area contributed by atoms with Crippen molar-refractivity contribution in [2.75, 3.05) is 12.4 Å². The number of nitrogens with zero attached hydrogens (tertiary/aromatic N) is 3. The van der Waals surface area contributed by atoms with Crippen molar-refractivity contribution in [3.05, 3.63) is 45.7 Å². The van der Waals surface area contributed by atoms with Crippen molar-refractivity contribution in [1.82, 2.24) is 9.97 Å². The molecule has 0 aliphatic heterocycles. The first-order valence-corrected chi connectivity index (χ1v) is 7.37. The third-order valence-electron chi connectivity index (χ3n) is 3.58. The topological polar surface area (TPSA) is 70.8 Å². The number of rotatable bonds is 3. The number of ether oxygens (including phenoxy) is 1. The van der Waals surface area contributed by atoms with Crippen LogP contribution in [0.5, 0.6) is 5.88 Å². The van der Waals surface area contributed by atoms with Crippen LogP contribution in [0.1, 0.15) is 29.3 Å². The van der Waals surface area contributed by atoms with Crippen molar-refractivity contribution < 1.29 is 4.74 Å². The van der Waals surface area contributed by atoms with E-state index in [1.54, 1.807) is 6.20 Å². The first-order chi connectivity index (χ1) is 10.2. The van der Waals surface area contributed by atoms with E-state index < -0.39 is 0 Å². The normalized spacial score (nSPS) is 16.1. The third kappa shape index (κ3) is 2.57. The van der Waals surface area contributed by atoms with E-state index in [1.165, 1.54) is 18.2 Å². The molecule has 1 atom stereocenters. The minimum absolute atomic E-state index is 0.192. The Morgan fingerprint density at radius 2 is 2.33 bits per heavy atom. The van der Waals surface area contributed by atoms with E-state index >= 15 is 0 Å². The van der Waals surface area contributed by atoms with E-state index in [0.29, 0.717) is 5.82 Å². The van der Waals surface area contributed by atoms with Crippen molar-refractivity contribution >= 4 is 21.7 Å². The Labute approximate surface area is 131 Å². The molecule has 1 aliphatic rings. The fraction of sp³-hybridized carbons (Fsp3) is 0.267. The first-order valence-electron chi connectivity index (χ1n) is 6.58. The molecule has 21 heavy (non-hydrogen) atoms. The molecule has 1 aromatic carbocycles. The SMILES string of the molecule is COc1nc(NC2CCc3c(Br)cccc32)cnc1C#N. The van der Waals surface area contributed by atoms with E-state index in [9.17, 15) is 0 Å². The number of nitriles is 1. The van der Waals surface area contributed by atoms with Crippen LogP contribution < -0.4 is 10.1 Å². The predicted molar refractivity (Wildman–Crippen MR) is 82.1 cm³/mol. The molecule has 1 heterocycles. The van der Waals surface area contributed by atoms with Gasteiger partial charge in [-0.25, -0.2) is 4.98 Å². The Balaban J connectivity index is 1.87. The van der Waals surface area contributed by atoms with Crippen LogP contribution in [-0.4, -0.2) is 17.1 Å². The molecular formula is C15H13BrN4O. The zero-order valence-corrected chi connectivity index (χ0v) is 13.0. The Hall–Kier alpha value is -2.13. The standard InChI is InChI=1S/C15H13BrN4O/c1-21-15-13(7-17)18-8-14(20-15)19-12-6-5-9-10(12)3-2-4-11(9)16/h2-4,8,12H,5-6H2,1H3,(H,19,20). The Morgan fingerprint density at radius 1 is 1.48 bits per heavy atom. The molecule has 1 aromatic heterocycles. The van der Waals surface area contributed by atoms with Gasteiger partial charge in [-0.05, 0) is 30.0 Å². The zero-order chi connectivity index (χ0) is 14.8. The van der Waals surface area contributed by atoms with Crippen LogP contribution >= 0.6 is 15.9 Å². The highest BCUT2D eigenvalue weighted by Crippen LogP contribution is 2.37. The lowest BCUT2D eigenvalue weighted by molar-refractivity contribution is 0.394. The summed E-state index contributed by atoms with van der Waals surface area (Å²) in [7, 11) is 1.48. The summed E-state index contributed by atoms with van der Waals surface area (Å²) in [5.74, 6) is 0.860. The summed E-state index contributed by atoms with van der Waals surface area (Å²) in [6.07, 6.45) is 3.59. The molecule has 0 bridgehead atoms. The molecule has 106 valence electrons. The fourth-order valence-electron chi connectivity index (χ4n) is 2.60. The van der Waals surface area contributed by atoms with Crippen molar-refractivity contribution in [2.45, 2.75) is 18.9 Å². The average Bonchev–Trinajstić information content (AvgIpc) is 2.92. The zero-order valence-electron chi connectivity index (χ0n) is 11.4. The minimum atomic E-state index is 0.192. The maximum absolute atomic E-state index is 8.93. The number of fused-ring (bicyclic) bond motifs is 1. The Morgan fingerprint density at radius 3 is 3.10 bits per heavy atom. The second-order valence-electron chi connectivity index (χ2n) is 4.77. The molecule has 1 N–H and O–H groups in total. The van der Waals surface area contributed by atoms with Gasteiger partial charge >= 0.3 is 0 Å². The van der Waals surface area contributed by atoms with Crippen LogP contribution in [0, 0.1) is 11.3 Å². The lowest BCUT2D eigenvalue weighted by atomic mass is 10.1. The van der Waals surface area contributed by atoms with Crippen molar-refractivity contribution in [3.63, 3.8) is 0 Å².